The van der Waals surface area contributed by atoms with E-state index < -0.39 is 5.97 Å². The van der Waals surface area contributed by atoms with Gasteiger partial charge in [0.1, 0.15) is 0 Å². The van der Waals surface area contributed by atoms with Crippen molar-refractivity contribution in [2.45, 2.75) is 19.8 Å². The van der Waals surface area contributed by atoms with Gasteiger partial charge in [0.2, 0.25) is 5.91 Å². The smallest absolute Gasteiger partial charge is 0.303 e. The highest BCUT2D eigenvalue weighted by Crippen LogP contribution is 2.18. The van der Waals surface area contributed by atoms with E-state index in [4.69, 9.17) is 5.11 Å². The van der Waals surface area contributed by atoms with Crippen LogP contribution in [0, 0.1) is 5.92 Å². The van der Waals surface area contributed by atoms with Crippen molar-refractivity contribution in [3.05, 3.63) is 24.3 Å². The Hall–Kier alpha value is -2.04. The van der Waals surface area contributed by atoms with E-state index in [0.29, 0.717) is 0 Å². The summed E-state index contributed by atoms with van der Waals surface area (Å²) < 4.78 is 0. The predicted molar refractivity (Wildman–Crippen MR) is 75.4 cm³/mol. The van der Waals surface area contributed by atoms with Crippen LogP contribution in [0.15, 0.2) is 24.3 Å². The maximum Gasteiger partial charge on any atom is 0.303 e. The molecule has 0 bridgehead atoms. The molecule has 1 rings (SSSR count). The second-order valence-electron chi connectivity index (χ2n) is 4.90. The molecule has 0 saturated carbocycles. The number of hydrogen-bond donors (Lipinski definition) is 2. The van der Waals surface area contributed by atoms with Crippen LogP contribution < -0.4 is 10.2 Å². The first kappa shape index (κ1) is 15.0. The summed E-state index contributed by atoms with van der Waals surface area (Å²) in [6.07, 6.45) is 0.212. The summed E-state index contributed by atoms with van der Waals surface area (Å²) >= 11 is 0. The SMILES string of the molecule is CC(CC(=O)O)CC(=O)Nc1cccc(N(C)C)c1. The van der Waals surface area contributed by atoms with Crippen molar-refractivity contribution in [1.82, 2.24) is 0 Å². The van der Waals surface area contributed by atoms with Gasteiger partial charge in [-0.2, -0.15) is 0 Å². The van der Waals surface area contributed by atoms with Crippen molar-refractivity contribution in [3.63, 3.8) is 0 Å². The van der Waals surface area contributed by atoms with Crippen LogP contribution in [0.1, 0.15) is 19.8 Å². The number of carbonyl (C=O) groups is 2. The first-order valence-corrected chi connectivity index (χ1v) is 6.17. The minimum absolute atomic E-state index is 0.00512. The molecule has 1 amide bonds. The van der Waals surface area contributed by atoms with Gasteiger partial charge in [0, 0.05) is 38.3 Å². The van der Waals surface area contributed by atoms with Gasteiger partial charge in [-0.1, -0.05) is 13.0 Å². The van der Waals surface area contributed by atoms with E-state index >= 15 is 0 Å². The molecule has 0 spiro atoms. The summed E-state index contributed by atoms with van der Waals surface area (Å²) in [5.41, 5.74) is 1.72. The van der Waals surface area contributed by atoms with E-state index in [2.05, 4.69) is 5.32 Å². The summed E-state index contributed by atoms with van der Waals surface area (Å²) in [4.78, 5) is 24.2. The molecular formula is C14H20N2O3. The van der Waals surface area contributed by atoms with Crippen LogP contribution in [0.25, 0.3) is 0 Å². The molecule has 5 nitrogen and oxygen atoms in total. The number of nitrogens with one attached hydrogen (secondary N) is 1. The Labute approximate surface area is 113 Å². The Morgan fingerprint density at radius 2 is 2.00 bits per heavy atom. The van der Waals surface area contributed by atoms with E-state index in [1.807, 2.05) is 43.3 Å². The molecule has 0 heterocycles. The molecule has 0 aliphatic heterocycles. The van der Waals surface area contributed by atoms with Gasteiger partial charge in [-0.05, 0) is 24.1 Å². The Balaban J connectivity index is 2.57. The van der Waals surface area contributed by atoms with Crippen molar-refractivity contribution in [2.24, 2.45) is 5.92 Å². The fourth-order valence-electron chi connectivity index (χ4n) is 1.76. The normalized spacial score (nSPS) is 11.7. The summed E-state index contributed by atoms with van der Waals surface area (Å²) in [6, 6.07) is 7.50. The molecule has 1 aromatic carbocycles. The summed E-state index contributed by atoms with van der Waals surface area (Å²) in [5, 5.41) is 11.4. The van der Waals surface area contributed by atoms with Gasteiger partial charge in [0.15, 0.2) is 0 Å². The van der Waals surface area contributed by atoms with E-state index in [9.17, 15) is 9.59 Å². The number of nitrogens with zero attached hydrogens (tertiary/aromatic N) is 1. The minimum atomic E-state index is -0.880. The highest BCUT2D eigenvalue weighted by Gasteiger charge is 2.12. The molecule has 0 aliphatic rings. The molecular weight excluding hydrogens is 244 g/mol. The fourth-order valence-corrected chi connectivity index (χ4v) is 1.76. The standard InChI is InChI=1S/C14H20N2O3/c1-10(8-14(18)19)7-13(17)15-11-5-4-6-12(9-11)16(2)3/h4-6,9-10H,7-8H2,1-3H3,(H,15,17)(H,18,19). The van der Waals surface area contributed by atoms with Crippen molar-refractivity contribution in [2.75, 3.05) is 24.3 Å². The summed E-state index contributed by atoms with van der Waals surface area (Å²) in [5.74, 6) is -1.21. The summed E-state index contributed by atoms with van der Waals surface area (Å²) in [6.45, 7) is 1.75. The van der Waals surface area contributed by atoms with E-state index in [1.165, 1.54) is 0 Å². The van der Waals surface area contributed by atoms with Crippen LogP contribution in [-0.2, 0) is 9.59 Å². The molecule has 5 heteroatoms. The van der Waals surface area contributed by atoms with Crippen LogP contribution in [0.4, 0.5) is 11.4 Å². The number of benzene rings is 1. The molecule has 1 atom stereocenters. The van der Waals surface area contributed by atoms with Gasteiger partial charge in [-0.3, -0.25) is 9.59 Å². The molecule has 0 aliphatic carbocycles. The third-order valence-electron chi connectivity index (χ3n) is 2.70. The first-order chi connectivity index (χ1) is 8.88. The van der Waals surface area contributed by atoms with Gasteiger partial charge in [-0.25, -0.2) is 0 Å². The fraction of sp³-hybridized carbons (Fsp3) is 0.429. The quantitative estimate of drug-likeness (QED) is 0.826. The van der Waals surface area contributed by atoms with Gasteiger partial charge < -0.3 is 15.3 Å². The lowest BCUT2D eigenvalue weighted by Gasteiger charge is -2.14. The summed E-state index contributed by atoms with van der Waals surface area (Å²) in [7, 11) is 3.85. The number of rotatable bonds is 6. The Morgan fingerprint density at radius 3 is 2.58 bits per heavy atom. The molecule has 104 valence electrons. The maximum absolute atomic E-state index is 11.8. The van der Waals surface area contributed by atoms with Crippen LogP contribution >= 0.6 is 0 Å². The number of carbonyl (C=O) groups excluding carboxylic acids is 1. The average Bonchev–Trinajstić information content (AvgIpc) is 2.27. The van der Waals surface area contributed by atoms with Gasteiger partial charge in [0.05, 0.1) is 0 Å². The van der Waals surface area contributed by atoms with E-state index in [-0.39, 0.29) is 24.7 Å². The van der Waals surface area contributed by atoms with Gasteiger partial charge >= 0.3 is 5.97 Å². The lowest BCUT2D eigenvalue weighted by molar-refractivity contribution is -0.138. The Bertz CT molecular complexity index is 458. The number of aliphatic carboxylic acids is 1. The van der Waals surface area contributed by atoms with Crippen LogP contribution in [-0.4, -0.2) is 31.1 Å². The highest BCUT2D eigenvalue weighted by atomic mass is 16.4. The number of carboxylic acids is 1. The molecule has 0 fully saturated rings. The average molecular weight is 264 g/mol. The maximum atomic E-state index is 11.8. The zero-order valence-electron chi connectivity index (χ0n) is 11.5. The lowest BCUT2D eigenvalue weighted by atomic mass is 10.0. The van der Waals surface area contributed by atoms with Crippen LogP contribution in [0.5, 0.6) is 0 Å². The zero-order chi connectivity index (χ0) is 14.4. The molecule has 1 aromatic rings. The number of amides is 1. The van der Waals surface area contributed by atoms with Crippen molar-refractivity contribution in [1.29, 1.82) is 0 Å². The number of carboxylic acid groups (broad SMARTS) is 1. The van der Waals surface area contributed by atoms with Crippen LogP contribution in [0.3, 0.4) is 0 Å². The third-order valence-corrected chi connectivity index (χ3v) is 2.70. The molecule has 0 saturated heterocycles. The second kappa shape index (κ2) is 6.78. The highest BCUT2D eigenvalue weighted by molar-refractivity contribution is 5.91. The Kier molecular flexibility index (Phi) is 5.36. The van der Waals surface area contributed by atoms with Crippen molar-refractivity contribution >= 4 is 23.3 Å². The molecule has 2 N–H and O–H groups in total. The van der Waals surface area contributed by atoms with E-state index in [1.54, 1.807) is 6.92 Å². The molecule has 0 radical (unpaired) electrons. The molecule has 0 aromatic heterocycles. The number of anilines is 2. The minimum Gasteiger partial charge on any atom is -0.481 e. The largest absolute Gasteiger partial charge is 0.481 e. The molecule has 19 heavy (non-hydrogen) atoms. The molecule has 1 unspecified atom stereocenters. The topological polar surface area (TPSA) is 69.6 Å². The number of hydrogen-bond acceptors (Lipinski definition) is 3. The third kappa shape index (κ3) is 5.42. The lowest BCUT2D eigenvalue weighted by Crippen LogP contribution is -2.17. The van der Waals surface area contributed by atoms with Crippen LogP contribution in [0.2, 0.25) is 0 Å². The Morgan fingerprint density at radius 1 is 1.32 bits per heavy atom. The zero-order valence-corrected chi connectivity index (χ0v) is 11.5. The van der Waals surface area contributed by atoms with Gasteiger partial charge in [0.25, 0.3) is 0 Å². The van der Waals surface area contributed by atoms with Gasteiger partial charge in [-0.15, -0.1) is 0 Å². The van der Waals surface area contributed by atoms with Crippen molar-refractivity contribution < 1.29 is 14.7 Å². The second-order valence-corrected chi connectivity index (χ2v) is 4.90. The van der Waals surface area contributed by atoms with E-state index in [0.717, 1.165) is 11.4 Å². The predicted octanol–water partition coefficient (Wildman–Crippen LogP) is 2.19. The van der Waals surface area contributed by atoms with Crippen molar-refractivity contribution in [3.8, 4) is 0 Å². The first-order valence-electron chi connectivity index (χ1n) is 6.17. The monoisotopic (exact) mass is 264 g/mol.